The largest absolute Gasteiger partial charge is 0.382 e. The van der Waals surface area contributed by atoms with Crippen LogP contribution in [0.25, 0.3) is 0 Å². The van der Waals surface area contributed by atoms with Crippen molar-refractivity contribution in [3.8, 4) is 0 Å². The van der Waals surface area contributed by atoms with E-state index in [0.29, 0.717) is 19.3 Å². The first kappa shape index (κ1) is 15.7. The lowest BCUT2D eigenvalue weighted by Gasteiger charge is -2.21. The van der Waals surface area contributed by atoms with Crippen LogP contribution >= 0.6 is 0 Å². The summed E-state index contributed by atoms with van der Waals surface area (Å²) in [7, 11) is 1.71. The summed E-state index contributed by atoms with van der Waals surface area (Å²) >= 11 is 0. The summed E-state index contributed by atoms with van der Waals surface area (Å²) in [5.74, 6) is 0. The fourth-order valence-electron chi connectivity index (χ4n) is 2.32. The summed E-state index contributed by atoms with van der Waals surface area (Å²) in [4.78, 5) is 0. The van der Waals surface area contributed by atoms with Gasteiger partial charge in [0.2, 0.25) is 0 Å². The van der Waals surface area contributed by atoms with Gasteiger partial charge < -0.3 is 14.8 Å². The molecule has 0 aromatic carbocycles. The molecule has 0 aliphatic heterocycles. The number of allylic oxidation sites excluding steroid dienone is 1. The van der Waals surface area contributed by atoms with Gasteiger partial charge in [0, 0.05) is 7.11 Å². The third kappa shape index (κ3) is 6.53. The molecule has 0 bridgehead atoms. The quantitative estimate of drug-likeness (QED) is 0.507. The van der Waals surface area contributed by atoms with Crippen molar-refractivity contribution in [2.24, 2.45) is 0 Å². The van der Waals surface area contributed by atoms with Crippen LogP contribution in [0.3, 0.4) is 0 Å². The molecule has 0 aromatic heterocycles. The number of methoxy groups -OCH3 is 1. The normalized spacial score (nSPS) is 18.2. The molecule has 1 aliphatic rings. The number of nitrogens with one attached hydrogen (secondary N) is 1. The Morgan fingerprint density at radius 3 is 2.94 bits per heavy atom. The minimum atomic E-state index is 0.403. The van der Waals surface area contributed by atoms with Gasteiger partial charge in [0.1, 0.15) is 0 Å². The highest BCUT2D eigenvalue weighted by Crippen LogP contribution is 2.20. The van der Waals surface area contributed by atoms with E-state index in [-0.39, 0.29) is 0 Å². The molecule has 106 valence electrons. The van der Waals surface area contributed by atoms with Crippen LogP contribution in [-0.4, -0.2) is 39.5 Å². The Hall–Kier alpha value is -0.380. The second-order valence-corrected chi connectivity index (χ2v) is 4.95. The molecule has 1 N–H and O–H groups in total. The van der Waals surface area contributed by atoms with Gasteiger partial charge in [0.05, 0.1) is 25.9 Å². The SMILES string of the molecule is CCCNC(COCCOC)C1=CCCCCC1. The topological polar surface area (TPSA) is 30.5 Å². The van der Waals surface area contributed by atoms with E-state index in [1.54, 1.807) is 12.7 Å². The summed E-state index contributed by atoms with van der Waals surface area (Å²) in [5.41, 5.74) is 1.55. The van der Waals surface area contributed by atoms with Crippen molar-refractivity contribution in [2.45, 2.75) is 51.5 Å². The van der Waals surface area contributed by atoms with Gasteiger partial charge in [0.25, 0.3) is 0 Å². The van der Waals surface area contributed by atoms with Crippen molar-refractivity contribution in [3.05, 3.63) is 11.6 Å². The zero-order valence-corrected chi connectivity index (χ0v) is 12.0. The van der Waals surface area contributed by atoms with Crippen LogP contribution in [0.2, 0.25) is 0 Å². The van der Waals surface area contributed by atoms with E-state index in [4.69, 9.17) is 9.47 Å². The lowest BCUT2D eigenvalue weighted by Crippen LogP contribution is -2.36. The van der Waals surface area contributed by atoms with Crippen LogP contribution in [0.15, 0.2) is 11.6 Å². The van der Waals surface area contributed by atoms with E-state index < -0.39 is 0 Å². The molecule has 1 aliphatic carbocycles. The van der Waals surface area contributed by atoms with Crippen LogP contribution in [0.5, 0.6) is 0 Å². The van der Waals surface area contributed by atoms with Gasteiger partial charge >= 0.3 is 0 Å². The molecule has 3 heteroatoms. The summed E-state index contributed by atoms with van der Waals surface area (Å²) in [6, 6.07) is 0.403. The maximum atomic E-state index is 5.70. The molecule has 3 nitrogen and oxygen atoms in total. The molecule has 0 heterocycles. The highest BCUT2D eigenvalue weighted by molar-refractivity contribution is 5.12. The van der Waals surface area contributed by atoms with E-state index in [0.717, 1.165) is 13.2 Å². The average molecular weight is 255 g/mol. The number of ether oxygens (including phenoxy) is 2. The first-order valence-electron chi connectivity index (χ1n) is 7.37. The maximum absolute atomic E-state index is 5.70. The lowest BCUT2D eigenvalue weighted by molar-refractivity contribution is 0.0627. The van der Waals surface area contributed by atoms with Crippen molar-refractivity contribution in [3.63, 3.8) is 0 Å². The van der Waals surface area contributed by atoms with Crippen molar-refractivity contribution in [2.75, 3.05) is 33.5 Å². The van der Waals surface area contributed by atoms with Crippen molar-refractivity contribution >= 4 is 0 Å². The molecule has 0 radical (unpaired) electrons. The molecular weight excluding hydrogens is 226 g/mol. The molecule has 1 atom stereocenters. The molecular formula is C15H29NO2. The van der Waals surface area contributed by atoms with Crippen LogP contribution in [-0.2, 0) is 9.47 Å². The lowest BCUT2D eigenvalue weighted by atomic mass is 10.0. The predicted octanol–water partition coefficient (Wildman–Crippen LogP) is 2.91. The van der Waals surface area contributed by atoms with Crippen LogP contribution in [0, 0.1) is 0 Å². The molecule has 1 unspecified atom stereocenters. The van der Waals surface area contributed by atoms with Gasteiger partial charge in [-0.05, 0) is 38.6 Å². The van der Waals surface area contributed by atoms with E-state index in [1.807, 2.05) is 0 Å². The monoisotopic (exact) mass is 255 g/mol. The Kier molecular flexibility index (Phi) is 9.17. The molecule has 0 amide bonds. The van der Waals surface area contributed by atoms with E-state index in [1.165, 1.54) is 38.5 Å². The predicted molar refractivity (Wildman–Crippen MR) is 75.9 cm³/mol. The second kappa shape index (κ2) is 10.5. The van der Waals surface area contributed by atoms with Gasteiger partial charge in [-0.1, -0.05) is 25.0 Å². The molecule has 18 heavy (non-hydrogen) atoms. The van der Waals surface area contributed by atoms with Gasteiger partial charge in [-0.2, -0.15) is 0 Å². The van der Waals surface area contributed by atoms with Gasteiger partial charge in [-0.25, -0.2) is 0 Å². The first-order valence-corrected chi connectivity index (χ1v) is 7.37. The maximum Gasteiger partial charge on any atom is 0.0701 e. The molecule has 1 rings (SSSR count). The Bertz CT molecular complexity index is 229. The zero-order valence-electron chi connectivity index (χ0n) is 12.0. The molecule has 0 saturated carbocycles. The minimum absolute atomic E-state index is 0.403. The Morgan fingerprint density at radius 1 is 1.28 bits per heavy atom. The molecule has 0 fully saturated rings. The average Bonchev–Trinajstić information content (AvgIpc) is 2.67. The smallest absolute Gasteiger partial charge is 0.0701 e. The third-order valence-corrected chi connectivity index (χ3v) is 3.38. The summed E-state index contributed by atoms with van der Waals surface area (Å²) in [6.07, 6.45) is 10.1. The Morgan fingerprint density at radius 2 is 2.17 bits per heavy atom. The standard InChI is InChI=1S/C15H29NO2/c1-3-10-16-15(13-18-12-11-17-2)14-8-6-4-5-7-9-14/h8,15-16H,3-7,9-13H2,1-2H3. The minimum Gasteiger partial charge on any atom is -0.382 e. The summed E-state index contributed by atoms with van der Waals surface area (Å²) in [6.45, 7) is 5.41. The van der Waals surface area contributed by atoms with Gasteiger partial charge in [-0.3, -0.25) is 0 Å². The summed E-state index contributed by atoms with van der Waals surface area (Å²) in [5, 5.41) is 3.61. The molecule has 0 aromatic rings. The highest BCUT2D eigenvalue weighted by atomic mass is 16.5. The van der Waals surface area contributed by atoms with Gasteiger partial charge in [0.15, 0.2) is 0 Å². The van der Waals surface area contributed by atoms with Crippen molar-refractivity contribution in [1.29, 1.82) is 0 Å². The number of hydrogen-bond donors (Lipinski definition) is 1. The van der Waals surface area contributed by atoms with Gasteiger partial charge in [-0.15, -0.1) is 0 Å². The fraction of sp³-hybridized carbons (Fsp3) is 0.867. The Balaban J connectivity index is 2.39. The number of rotatable bonds is 9. The fourth-order valence-corrected chi connectivity index (χ4v) is 2.32. The summed E-state index contributed by atoms with van der Waals surface area (Å²) < 4.78 is 10.7. The second-order valence-electron chi connectivity index (χ2n) is 4.95. The van der Waals surface area contributed by atoms with E-state index in [2.05, 4.69) is 18.3 Å². The zero-order chi connectivity index (χ0) is 13.1. The van der Waals surface area contributed by atoms with Crippen molar-refractivity contribution in [1.82, 2.24) is 5.32 Å². The van der Waals surface area contributed by atoms with E-state index >= 15 is 0 Å². The third-order valence-electron chi connectivity index (χ3n) is 3.38. The van der Waals surface area contributed by atoms with Crippen LogP contribution < -0.4 is 5.32 Å². The molecule has 0 saturated heterocycles. The molecule has 0 spiro atoms. The highest BCUT2D eigenvalue weighted by Gasteiger charge is 2.14. The van der Waals surface area contributed by atoms with Crippen LogP contribution in [0.4, 0.5) is 0 Å². The Labute approximate surface area is 112 Å². The first-order chi connectivity index (χ1) is 8.88. The van der Waals surface area contributed by atoms with Crippen LogP contribution in [0.1, 0.15) is 45.4 Å². The number of hydrogen-bond acceptors (Lipinski definition) is 3. The van der Waals surface area contributed by atoms with E-state index in [9.17, 15) is 0 Å². The van der Waals surface area contributed by atoms with Crippen molar-refractivity contribution < 1.29 is 9.47 Å².